The first kappa shape index (κ1) is 16.5. The Labute approximate surface area is 144 Å². The van der Waals surface area contributed by atoms with Gasteiger partial charge >= 0.3 is 6.03 Å². The van der Waals surface area contributed by atoms with Gasteiger partial charge in [0.05, 0.1) is 12.7 Å². The first-order valence-electron chi connectivity index (χ1n) is 7.77. The molecule has 3 N–H and O–H groups in total. The van der Waals surface area contributed by atoms with E-state index in [1.54, 1.807) is 22.2 Å². The average molecular weight is 344 g/mol. The van der Waals surface area contributed by atoms with Crippen LogP contribution in [0.4, 0.5) is 4.79 Å². The second-order valence-electron chi connectivity index (χ2n) is 5.61. The van der Waals surface area contributed by atoms with Crippen molar-refractivity contribution in [3.63, 3.8) is 0 Å². The number of amides is 2. The van der Waals surface area contributed by atoms with Gasteiger partial charge in [-0.25, -0.2) is 4.79 Å². The molecule has 7 heteroatoms. The van der Waals surface area contributed by atoms with Gasteiger partial charge in [-0.1, -0.05) is 18.2 Å². The zero-order valence-electron chi connectivity index (χ0n) is 13.4. The Balaban J connectivity index is 1.43. The van der Waals surface area contributed by atoms with Gasteiger partial charge in [0.2, 0.25) is 0 Å². The van der Waals surface area contributed by atoms with Crippen molar-refractivity contribution in [2.45, 2.75) is 12.5 Å². The van der Waals surface area contributed by atoms with E-state index in [2.05, 4.69) is 15.7 Å². The largest absolute Gasteiger partial charge is 0.386 e. The first-order chi connectivity index (χ1) is 11.6. The molecule has 24 heavy (non-hydrogen) atoms. The number of nitrogens with one attached hydrogen (secondary N) is 2. The maximum absolute atomic E-state index is 11.8. The van der Waals surface area contributed by atoms with E-state index in [4.69, 9.17) is 0 Å². The molecule has 0 bridgehead atoms. The molecule has 0 radical (unpaired) electrons. The van der Waals surface area contributed by atoms with Gasteiger partial charge in [0.1, 0.15) is 6.10 Å². The fourth-order valence-electron chi connectivity index (χ4n) is 2.44. The normalized spacial score (nSPS) is 12.2. The van der Waals surface area contributed by atoms with Crippen LogP contribution in [0, 0.1) is 0 Å². The van der Waals surface area contributed by atoms with E-state index in [-0.39, 0.29) is 12.6 Å². The van der Waals surface area contributed by atoms with Crippen LogP contribution >= 0.6 is 11.3 Å². The summed E-state index contributed by atoms with van der Waals surface area (Å²) in [4.78, 5) is 12.6. The van der Waals surface area contributed by atoms with E-state index in [1.807, 2.05) is 43.6 Å². The minimum atomic E-state index is -0.702. The van der Waals surface area contributed by atoms with E-state index < -0.39 is 6.10 Å². The number of carbonyl (C=O) groups is 1. The molecule has 1 unspecified atom stereocenters. The van der Waals surface area contributed by atoms with E-state index in [1.165, 1.54) is 0 Å². The highest BCUT2D eigenvalue weighted by Gasteiger charge is 2.12. The predicted molar refractivity (Wildman–Crippen MR) is 95.1 cm³/mol. The van der Waals surface area contributed by atoms with Crippen LogP contribution in [0.15, 0.2) is 42.7 Å². The van der Waals surface area contributed by atoms with Crippen LogP contribution in [0.5, 0.6) is 0 Å². The summed E-state index contributed by atoms with van der Waals surface area (Å²) in [5, 5.41) is 20.9. The maximum Gasteiger partial charge on any atom is 0.314 e. The van der Waals surface area contributed by atoms with E-state index >= 15 is 0 Å². The lowest BCUT2D eigenvalue weighted by Crippen LogP contribution is -2.38. The molecule has 0 saturated carbocycles. The van der Waals surface area contributed by atoms with Crippen LogP contribution in [0.2, 0.25) is 0 Å². The molecule has 2 heterocycles. The van der Waals surface area contributed by atoms with Crippen molar-refractivity contribution in [1.82, 2.24) is 20.4 Å². The lowest BCUT2D eigenvalue weighted by Gasteiger charge is -2.11. The van der Waals surface area contributed by atoms with Gasteiger partial charge < -0.3 is 15.7 Å². The quantitative estimate of drug-likeness (QED) is 0.641. The molecule has 0 aliphatic carbocycles. The number of fused-ring (bicyclic) bond motifs is 1. The third kappa shape index (κ3) is 4.12. The van der Waals surface area contributed by atoms with Crippen LogP contribution in [-0.4, -0.2) is 34.0 Å². The molecule has 0 saturated heterocycles. The van der Waals surface area contributed by atoms with E-state index in [9.17, 15) is 9.90 Å². The Kier molecular flexibility index (Phi) is 5.12. The summed E-state index contributed by atoms with van der Waals surface area (Å²) in [5.74, 6) is 0. The molecule has 126 valence electrons. The maximum atomic E-state index is 11.8. The Hall–Kier alpha value is -2.38. The Morgan fingerprint density at radius 3 is 2.96 bits per heavy atom. The highest BCUT2D eigenvalue weighted by molar-refractivity contribution is 7.19. The SMILES string of the molecule is Cn1cc(CCNC(=O)NCC(O)c2cc3ccccc3s2)cn1. The van der Waals surface area contributed by atoms with Crippen molar-refractivity contribution < 1.29 is 9.90 Å². The second-order valence-corrected chi connectivity index (χ2v) is 6.73. The standard InChI is InChI=1S/C17H20N4O2S/c1-21-11-12(9-20-21)6-7-18-17(23)19-10-14(22)16-8-13-4-2-3-5-15(13)24-16/h2-5,8-9,11,14,22H,6-7,10H2,1H3,(H2,18,19,23). The summed E-state index contributed by atoms with van der Waals surface area (Å²) in [6.07, 6.45) is 3.72. The van der Waals surface area contributed by atoms with Crippen molar-refractivity contribution >= 4 is 27.5 Å². The molecular formula is C17H20N4O2S. The number of nitrogens with zero attached hydrogens (tertiary/aromatic N) is 2. The minimum absolute atomic E-state index is 0.186. The van der Waals surface area contributed by atoms with Crippen molar-refractivity contribution in [2.75, 3.05) is 13.1 Å². The highest BCUT2D eigenvalue weighted by Crippen LogP contribution is 2.29. The lowest BCUT2D eigenvalue weighted by molar-refractivity contribution is 0.176. The zero-order chi connectivity index (χ0) is 16.9. The van der Waals surface area contributed by atoms with Crippen molar-refractivity contribution in [1.29, 1.82) is 0 Å². The van der Waals surface area contributed by atoms with Crippen molar-refractivity contribution in [2.24, 2.45) is 7.05 Å². The number of hydrogen-bond donors (Lipinski definition) is 3. The van der Waals surface area contributed by atoms with Gasteiger partial charge in [0.25, 0.3) is 0 Å². The van der Waals surface area contributed by atoms with Crippen LogP contribution in [0.1, 0.15) is 16.5 Å². The molecule has 6 nitrogen and oxygen atoms in total. The van der Waals surface area contributed by atoms with Crippen molar-refractivity contribution in [3.8, 4) is 0 Å². The van der Waals surface area contributed by atoms with E-state index in [0.717, 1.165) is 26.9 Å². The Morgan fingerprint density at radius 2 is 2.21 bits per heavy atom. The zero-order valence-corrected chi connectivity index (χ0v) is 14.2. The number of urea groups is 1. The van der Waals surface area contributed by atoms with Crippen LogP contribution in [-0.2, 0) is 13.5 Å². The fourth-order valence-corrected chi connectivity index (χ4v) is 3.49. The third-order valence-corrected chi connectivity index (χ3v) is 4.90. The molecule has 3 rings (SSSR count). The number of hydrogen-bond acceptors (Lipinski definition) is 4. The number of aryl methyl sites for hydroxylation is 1. The highest BCUT2D eigenvalue weighted by atomic mass is 32.1. The first-order valence-corrected chi connectivity index (χ1v) is 8.59. The molecule has 0 aliphatic rings. The smallest absolute Gasteiger partial charge is 0.314 e. The molecule has 1 aromatic carbocycles. The van der Waals surface area contributed by atoms with Gasteiger partial charge in [0, 0.05) is 29.4 Å². The monoisotopic (exact) mass is 344 g/mol. The number of aliphatic hydroxyl groups is 1. The number of aliphatic hydroxyl groups excluding tert-OH is 1. The Bertz CT molecular complexity index is 794. The molecule has 1 atom stereocenters. The molecule has 0 spiro atoms. The summed E-state index contributed by atoms with van der Waals surface area (Å²) < 4.78 is 2.86. The number of benzene rings is 1. The number of carbonyl (C=O) groups excluding carboxylic acids is 1. The third-order valence-electron chi connectivity index (χ3n) is 3.69. The van der Waals surface area contributed by atoms with Crippen LogP contribution in [0.3, 0.4) is 0 Å². The van der Waals surface area contributed by atoms with Gasteiger partial charge in [-0.3, -0.25) is 4.68 Å². The van der Waals surface area contributed by atoms with E-state index in [0.29, 0.717) is 6.54 Å². The fraction of sp³-hybridized carbons (Fsp3) is 0.294. The summed E-state index contributed by atoms with van der Waals surface area (Å²) in [7, 11) is 1.86. The van der Waals surface area contributed by atoms with Gasteiger partial charge in [-0.05, 0) is 29.5 Å². The molecular weight excluding hydrogens is 324 g/mol. The lowest BCUT2D eigenvalue weighted by atomic mass is 10.2. The van der Waals surface area contributed by atoms with Crippen LogP contribution in [0.25, 0.3) is 10.1 Å². The number of aromatic nitrogens is 2. The topological polar surface area (TPSA) is 79.2 Å². The van der Waals surface area contributed by atoms with Gasteiger partial charge in [0.15, 0.2) is 0 Å². The molecule has 0 aliphatic heterocycles. The average Bonchev–Trinajstić information content (AvgIpc) is 3.18. The second kappa shape index (κ2) is 7.46. The Morgan fingerprint density at radius 1 is 1.38 bits per heavy atom. The van der Waals surface area contributed by atoms with Gasteiger partial charge in [-0.15, -0.1) is 11.3 Å². The molecule has 0 fully saturated rings. The number of thiophene rings is 1. The molecule has 2 amide bonds. The predicted octanol–water partition coefficient (Wildman–Crippen LogP) is 2.21. The summed E-state index contributed by atoms with van der Waals surface area (Å²) >= 11 is 1.54. The summed E-state index contributed by atoms with van der Waals surface area (Å²) in [6, 6.07) is 9.67. The molecule has 3 aromatic rings. The number of rotatable bonds is 6. The molecule has 2 aromatic heterocycles. The summed E-state index contributed by atoms with van der Waals surface area (Å²) in [6.45, 7) is 0.710. The van der Waals surface area contributed by atoms with Crippen molar-refractivity contribution in [3.05, 3.63) is 53.2 Å². The minimum Gasteiger partial charge on any atom is -0.386 e. The van der Waals surface area contributed by atoms with Crippen LogP contribution < -0.4 is 10.6 Å². The summed E-state index contributed by atoms with van der Waals surface area (Å²) in [5.41, 5.74) is 1.07. The van der Waals surface area contributed by atoms with Gasteiger partial charge in [-0.2, -0.15) is 5.10 Å².